The minimum atomic E-state index is -0.307. The Labute approximate surface area is 207 Å². The van der Waals surface area contributed by atoms with Crippen LogP contribution in [0.4, 0.5) is 5.69 Å². The highest BCUT2D eigenvalue weighted by Gasteiger charge is 2.28. The molecular formula is C26H37ClN4O3. The predicted octanol–water partition coefficient (Wildman–Crippen LogP) is 3.77. The number of pyridine rings is 1. The zero-order valence-electron chi connectivity index (χ0n) is 20.9. The number of nitrogens with one attached hydrogen (secondary N) is 2. The van der Waals surface area contributed by atoms with E-state index >= 15 is 0 Å². The van der Waals surface area contributed by atoms with Gasteiger partial charge in [-0.05, 0) is 89.9 Å². The highest BCUT2D eigenvalue weighted by molar-refractivity contribution is 6.31. The third-order valence-corrected chi connectivity index (χ3v) is 7.25. The molecule has 2 aromatic rings. The van der Waals surface area contributed by atoms with Crippen LogP contribution in [0.25, 0.3) is 0 Å². The zero-order chi connectivity index (χ0) is 25.0. The summed E-state index contributed by atoms with van der Waals surface area (Å²) in [6.45, 7) is 6.44. The summed E-state index contributed by atoms with van der Waals surface area (Å²) in [4.78, 5) is 32.9. The molecule has 1 heterocycles. The Balaban J connectivity index is 1.82. The second kappa shape index (κ2) is 11.4. The van der Waals surface area contributed by atoms with E-state index in [1.54, 1.807) is 19.1 Å². The number of carbonyl (C=O) groups is 1. The molecule has 0 radical (unpaired) electrons. The monoisotopic (exact) mass is 488 g/mol. The van der Waals surface area contributed by atoms with Crippen molar-refractivity contribution < 1.29 is 9.90 Å². The SMILES string of the molecule is CCN(c1cc(Cl)cc(C(=O)NCc2c(CO)cc(C)[nH]c2=O)c1C)[C@H]1CC[C@H](N(C)C)CC1. The Morgan fingerprint density at radius 2 is 1.79 bits per heavy atom. The molecule has 0 aliphatic heterocycles. The van der Waals surface area contributed by atoms with Gasteiger partial charge < -0.3 is 25.2 Å². The standard InChI is InChI=1S/C26H37ClN4O3/c1-6-31(21-9-7-20(8-10-21)30(4)5)24-13-19(27)12-22(17(24)3)25(33)28-14-23-18(15-32)11-16(2)29-26(23)34/h11-13,20-21,32H,6-10,14-15H2,1-5H3,(H,28,33)(H,29,34)/t20-,21-. The van der Waals surface area contributed by atoms with Crippen molar-refractivity contribution in [2.45, 2.75) is 71.7 Å². The van der Waals surface area contributed by atoms with Crippen LogP contribution in [0.15, 0.2) is 23.0 Å². The molecule has 3 rings (SSSR count). The predicted molar refractivity (Wildman–Crippen MR) is 138 cm³/mol. The van der Waals surface area contributed by atoms with Crippen molar-refractivity contribution in [3.63, 3.8) is 0 Å². The first-order chi connectivity index (χ1) is 16.2. The zero-order valence-corrected chi connectivity index (χ0v) is 21.6. The number of benzene rings is 1. The molecule has 1 aromatic heterocycles. The number of H-pyrrole nitrogens is 1. The summed E-state index contributed by atoms with van der Waals surface area (Å²) in [7, 11) is 4.28. The van der Waals surface area contributed by atoms with Gasteiger partial charge in [-0.2, -0.15) is 0 Å². The third-order valence-electron chi connectivity index (χ3n) is 7.04. The number of amides is 1. The van der Waals surface area contributed by atoms with Crippen molar-refractivity contribution in [3.05, 3.63) is 61.5 Å². The molecule has 34 heavy (non-hydrogen) atoms. The summed E-state index contributed by atoms with van der Waals surface area (Å²) in [6.07, 6.45) is 4.51. The number of halogens is 1. The largest absolute Gasteiger partial charge is 0.392 e. The summed E-state index contributed by atoms with van der Waals surface area (Å²) in [5.74, 6) is -0.294. The highest BCUT2D eigenvalue weighted by atomic mass is 35.5. The molecular weight excluding hydrogens is 452 g/mol. The van der Waals surface area contributed by atoms with E-state index in [9.17, 15) is 14.7 Å². The van der Waals surface area contributed by atoms with E-state index in [0.29, 0.717) is 39.5 Å². The number of rotatable bonds is 8. The van der Waals surface area contributed by atoms with Crippen molar-refractivity contribution in [1.82, 2.24) is 15.2 Å². The van der Waals surface area contributed by atoms with Gasteiger partial charge in [0.15, 0.2) is 0 Å². The fraction of sp³-hybridized carbons (Fsp3) is 0.538. The summed E-state index contributed by atoms with van der Waals surface area (Å²) in [5, 5.41) is 13.0. The molecule has 1 fully saturated rings. The summed E-state index contributed by atoms with van der Waals surface area (Å²) >= 11 is 6.48. The minimum absolute atomic E-state index is 0.0255. The molecule has 0 spiro atoms. The number of hydrogen-bond acceptors (Lipinski definition) is 5. The van der Waals surface area contributed by atoms with Crippen LogP contribution in [0.1, 0.15) is 65.3 Å². The second-order valence-electron chi connectivity index (χ2n) is 9.44. The smallest absolute Gasteiger partial charge is 0.253 e. The normalized spacial score (nSPS) is 18.2. The molecule has 8 heteroatoms. The number of aromatic nitrogens is 1. The van der Waals surface area contributed by atoms with Gasteiger partial charge in [-0.1, -0.05) is 11.6 Å². The van der Waals surface area contributed by atoms with Crippen LogP contribution in [0.2, 0.25) is 5.02 Å². The van der Waals surface area contributed by atoms with Crippen molar-refractivity contribution in [2.75, 3.05) is 25.5 Å². The molecule has 1 amide bonds. The molecule has 7 nitrogen and oxygen atoms in total. The fourth-order valence-corrected chi connectivity index (χ4v) is 5.31. The lowest BCUT2D eigenvalue weighted by Gasteiger charge is -2.40. The highest BCUT2D eigenvalue weighted by Crippen LogP contribution is 2.34. The van der Waals surface area contributed by atoms with E-state index < -0.39 is 0 Å². The number of aromatic amines is 1. The van der Waals surface area contributed by atoms with Crippen LogP contribution >= 0.6 is 11.6 Å². The average molecular weight is 489 g/mol. The lowest BCUT2D eigenvalue weighted by molar-refractivity contribution is 0.0950. The Morgan fingerprint density at radius 3 is 2.38 bits per heavy atom. The molecule has 0 bridgehead atoms. The molecule has 0 saturated heterocycles. The van der Waals surface area contributed by atoms with E-state index in [1.165, 1.54) is 0 Å². The Kier molecular flexibility index (Phi) is 8.79. The van der Waals surface area contributed by atoms with Gasteiger partial charge in [-0.3, -0.25) is 9.59 Å². The van der Waals surface area contributed by atoms with Crippen molar-refractivity contribution in [2.24, 2.45) is 0 Å². The number of nitrogens with zero attached hydrogens (tertiary/aromatic N) is 2. The Bertz CT molecular complexity index is 1070. The molecule has 1 aromatic carbocycles. The number of aliphatic hydroxyl groups is 1. The first kappa shape index (κ1) is 26.3. The van der Waals surface area contributed by atoms with Crippen LogP contribution in [0.3, 0.4) is 0 Å². The van der Waals surface area contributed by atoms with E-state index in [1.807, 2.05) is 13.0 Å². The molecule has 0 atom stereocenters. The van der Waals surface area contributed by atoms with Gasteiger partial charge in [0, 0.05) is 52.7 Å². The summed E-state index contributed by atoms with van der Waals surface area (Å²) in [5.41, 5.74) is 3.58. The Morgan fingerprint density at radius 1 is 1.15 bits per heavy atom. The maximum absolute atomic E-state index is 13.2. The number of hydrogen-bond donors (Lipinski definition) is 3. The maximum Gasteiger partial charge on any atom is 0.253 e. The van der Waals surface area contributed by atoms with Gasteiger partial charge in [0.05, 0.1) is 6.61 Å². The third kappa shape index (κ3) is 5.82. The first-order valence-corrected chi connectivity index (χ1v) is 12.4. The second-order valence-corrected chi connectivity index (χ2v) is 9.87. The topological polar surface area (TPSA) is 88.7 Å². The lowest BCUT2D eigenvalue weighted by atomic mass is 9.89. The van der Waals surface area contributed by atoms with Crippen LogP contribution < -0.4 is 15.8 Å². The van der Waals surface area contributed by atoms with E-state index in [0.717, 1.165) is 43.5 Å². The van der Waals surface area contributed by atoms with E-state index in [2.05, 4.69) is 41.1 Å². The number of anilines is 1. The molecule has 1 aliphatic carbocycles. The van der Waals surface area contributed by atoms with Crippen molar-refractivity contribution >= 4 is 23.2 Å². The van der Waals surface area contributed by atoms with Crippen LogP contribution in [-0.2, 0) is 13.2 Å². The average Bonchev–Trinajstić information content (AvgIpc) is 2.80. The van der Waals surface area contributed by atoms with Gasteiger partial charge >= 0.3 is 0 Å². The molecule has 1 saturated carbocycles. The minimum Gasteiger partial charge on any atom is -0.392 e. The van der Waals surface area contributed by atoms with Gasteiger partial charge in [-0.25, -0.2) is 0 Å². The van der Waals surface area contributed by atoms with Crippen LogP contribution in [0, 0.1) is 13.8 Å². The van der Waals surface area contributed by atoms with E-state index in [-0.39, 0.29) is 24.6 Å². The lowest BCUT2D eigenvalue weighted by Crippen LogP contribution is -2.42. The quantitative estimate of drug-likeness (QED) is 0.526. The first-order valence-electron chi connectivity index (χ1n) is 12.0. The molecule has 186 valence electrons. The van der Waals surface area contributed by atoms with Crippen molar-refractivity contribution in [3.8, 4) is 0 Å². The van der Waals surface area contributed by atoms with Crippen molar-refractivity contribution in [1.29, 1.82) is 0 Å². The van der Waals surface area contributed by atoms with Crippen LogP contribution in [0.5, 0.6) is 0 Å². The van der Waals surface area contributed by atoms with Gasteiger partial charge in [0.2, 0.25) is 0 Å². The van der Waals surface area contributed by atoms with E-state index in [4.69, 9.17) is 11.6 Å². The summed E-state index contributed by atoms with van der Waals surface area (Å²) < 4.78 is 0. The van der Waals surface area contributed by atoms with Crippen LogP contribution in [-0.4, -0.2) is 53.6 Å². The molecule has 3 N–H and O–H groups in total. The molecule has 0 unspecified atom stereocenters. The number of aliphatic hydroxyl groups excluding tert-OH is 1. The number of aryl methyl sites for hydroxylation is 1. The maximum atomic E-state index is 13.2. The van der Waals surface area contributed by atoms with Gasteiger partial charge in [0.1, 0.15) is 0 Å². The molecule has 1 aliphatic rings. The van der Waals surface area contributed by atoms with Gasteiger partial charge in [-0.15, -0.1) is 0 Å². The Hall–Kier alpha value is -2.35. The fourth-order valence-electron chi connectivity index (χ4n) is 5.09. The van der Waals surface area contributed by atoms with Gasteiger partial charge in [0.25, 0.3) is 11.5 Å². The number of carbonyl (C=O) groups excluding carboxylic acids is 1. The summed E-state index contributed by atoms with van der Waals surface area (Å²) in [6, 6.07) is 6.37.